The Morgan fingerprint density at radius 1 is 1.32 bits per heavy atom. The molecule has 0 saturated carbocycles. The molecule has 1 fully saturated rings. The van der Waals surface area contributed by atoms with Gasteiger partial charge in [0.15, 0.2) is 0 Å². The van der Waals surface area contributed by atoms with Crippen LogP contribution in [0.2, 0.25) is 0 Å². The summed E-state index contributed by atoms with van der Waals surface area (Å²) in [5.41, 5.74) is 0.559. The summed E-state index contributed by atoms with van der Waals surface area (Å²) in [7, 11) is -3.50. The summed E-state index contributed by atoms with van der Waals surface area (Å²) >= 11 is 0. The van der Waals surface area contributed by atoms with E-state index in [1.165, 1.54) is 12.1 Å². The van der Waals surface area contributed by atoms with E-state index in [1.54, 1.807) is 12.1 Å². The van der Waals surface area contributed by atoms with Crippen LogP contribution < -0.4 is 10.0 Å². The maximum Gasteiger partial charge on any atom is 0.253 e. The molecule has 1 aromatic rings. The number of amides is 1. The first-order valence-corrected chi connectivity index (χ1v) is 8.89. The van der Waals surface area contributed by atoms with E-state index in [4.69, 9.17) is 4.74 Å². The molecule has 122 valence electrons. The van der Waals surface area contributed by atoms with Crippen LogP contribution in [0, 0.1) is 5.92 Å². The highest BCUT2D eigenvalue weighted by Gasteiger charge is 2.23. The maximum absolute atomic E-state index is 12.1. The van der Waals surface area contributed by atoms with Gasteiger partial charge in [-0.3, -0.25) is 4.79 Å². The minimum Gasteiger partial charge on any atom is -0.368 e. The van der Waals surface area contributed by atoms with E-state index >= 15 is 0 Å². The molecule has 1 atom stereocenters. The maximum atomic E-state index is 12.1. The lowest BCUT2D eigenvalue weighted by molar-refractivity contribution is -0.124. The first-order chi connectivity index (χ1) is 10.4. The largest absolute Gasteiger partial charge is 0.368 e. The fraction of sp³-hybridized carbons (Fsp3) is 0.533. The highest BCUT2D eigenvalue weighted by atomic mass is 32.2. The highest BCUT2D eigenvalue weighted by Crippen LogP contribution is 2.17. The van der Waals surface area contributed by atoms with Gasteiger partial charge in [-0.1, -0.05) is 13.8 Å². The van der Waals surface area contributed by atoms with Gasteiger partial charge in [0.2, 0.25) is 10.0 Å². The highest BCUT2D eigenvalue weighted by molar-refractivity contribution is 7.89. The van der Waals surface area contributed by atoms with Crippen molar-refractivity contribution in [2.75, 3.05) is 18.5 Å². The third kappa shape index (κ3) is 4.53. The molecule has 2 N–H and O–H groups in total. The molecule has 0 radical (unpaired) electrons. The van der Waals surface area contributed by atoms with Gasteiger partial charge in [0.05, 0.1) is 4.90 Å². The summed E-state index contributed by atoms with van der Waals surface area (Å²) in [6, 6.07) is 6.12. The normalized spacial score (nSPS) is 18.6. The number of hydrogen-bond acceptors (Lipinski definition) is 4. The van der Waals surface area contributed by atoms with Gasteiger partial charge in [-0.05, 0) is 43.0 Å². The molecule has 22 heavy (non-hydrogen) atoms. The Kier molecular flexibility index (Phi) is 5.55. The Labute approximate surface area is 131 Å². The van der Waals surface area contributed by atoms with Crippen LogP contribution in [-0.2, 0) is 19.6 Å². The molecule has 6 nitrogen and oxygen atoms in total. The predicted octanol–water partition coefficient (Wildman–Crippen LogP) is 1.74. The standard InChI is InChI=1S/C15H22N2O4S/c1-11(2)10-16-22(19,20)13-7-5-12(6-8-13)17-15(18)14-4-3-9-21-14/h5-8,11,14,16H,3-4,9-10H2,1-2H3,(H,17,18). The fourth-order valence-electron chi connectivity index (χ4n) is 2.08. The molecule has 0 aliphatic carbocycles. The van der Waals surface area contributed by atoms with Gasteiger partial charge in [-0.2, -0.15) is 0 Å². The molecular formula is C15H22N2O4S. The van der Waals surface area contributed by atoms with Crippen LogP contribution in [-0.4, -0.2) is 33.6 Å². The molecule has 7 heteroatoms. The van der Waals surface area contributed by atoms with Crippen LogP contribution in [0.15, 0.2) is 29.2 Å². The van der Waals surface area contributed by atoms with Gasteiger partial charge < -0.3 is 10.1 Å². The Hall–Kier alpha value is -1.44. The first-order valence-electron chi connectivity index (χ1n) is 7.40. The number of ether oxygens (including phenoxy) is 1. The van der Waals surface area contributed by atoms with Crippen molar-refractivity contribution in [1.82, 2.24) is 4.72 Å². The summed E-state index contributed by atoms with van der Waals surface area (Å²) in [4.78, 5) is 12.1. The zero-order valence-electron chi connectivity index (χ0n) is 12.8. The lowest BCUT2D eigenvalue weighted by Crippen LogP contribution is -2.28. The summed E-state index contributed by atoms with van der Waals surface area (Å²) in [5.74, 6) is 0.0470. The molecule has 0 bridgehead atoms. The quantitative estimate of drug-likeness (QED) is 0.834. The van der Waals surface area contributed by atoms with E-state index < -0.39 is 16.1 Å². The summed E-state index contributed by atoms with van der Waals surface area (Å²) in [6.07, 6.45) is 1.20. The third-order valence-corrected chi connectivity index (χ3v) is 4.78. The van der Waals surface area contributed by atoms with Crippen LogP contribution in [0.3, 0.4) is 0 Å². The van der Waals surface area contributed by atoms with Crippen molar-refractivity contribution >= 4 is 21.6 Å². The molecule has 1 aliphatic heterocycles. The zero-order valence-corrected chi connectivity index (χ0v) is 13.7. The number of benzene rings is 1. The number of carbonyl (C=O) groups is 1. The fourth-order valence-corrected chi connectivity index (χ4v) is 3.30. The van der Waals surface area contributed by atoms with Crippen molar-refractivity contribution in [1.29, 1.82) is 0 Å². The van der Waals surface area contributed by atoms with E-state index in [9.17, 15) is 13.2 Å². The average molecular weight is 326 g/mol. The SMILES string of the molecule is CC(C)CNS(=O)(=O)c1ccc(NC(=O)C2CCCO2)cc1. The molecule has 1 aromatic carbocycles. The molecule has 0 aromatic heterocycles. The van der Waals surface area contributed by atoms with Gasteiger partial charge in [0.25, 0.3) is 5.91 Å². The number of anilines is 1. The van der Waals surface area contributed by atoms with Crippen molar-refractivity contribution in [2.24, 2.45) is 5.92 Å². The number of carbonyl (C=O) groups excluding carboxylic acids is 1. The predicted molar refractivity (Wildman–Crippen MR) is 84.1 cm³/mol. The summed E-state index contributed by atoms with van der Waals surface area (Å²) < 4.78 is 32.0. The van der Waals surface area contributed by atoms with Crippen molar-refractivity contribution in [3.05, 3.63) is 24.3 Å². The minimum atomic E-state index is -3.50. The number of nitrogens with one attached hydrogen (secondary N) is 2. The Morgan fingerprint density at radius 2 is 2.00 bits per heavy atom. The van der Waals surface area contributed by atoms with Gasteiger partial charge in [0, 0.05) is 18.8 Å². The molecule has 2 rings (SSSR count). The third-order valence-electron chi connectivity index (χ3n) is 3.34. The Bertz CT molecular complexity index is 605. The molecular weight excluding hydrogens is 304 g/mol. The van der Waals surface area contributed by atoms with Gasteiger partial charge in [0.1, 0.15) is 6.10 Å². The zero-order chi connectivity index (χ0) is 16.2. The number of rotatable bonds is 6. The second kappa shape index (κ2) is 7.21. The van der Waals surface area contributed by atoms with Crippen LogP contribution in [0.1, 0.15) is 26.7 Å². The van der Waals surface area contributed by atoms with E-state index in [0.29, 0.717) is 18.8 Å². The lowest BCUT2D eigenvalue weighted by atomic mass is 10.2. The van der Waals surface area contributed by atoms with Crippen LogP contribution in [0.5, 0.6) is 0 Å². The Morgan fingerprint density at radius 3 is 2.55 bits per heavy atom. The molecule has 1 unspecified atom stereocenters. The molecule has 1 saturated heterocycles. The van der Waals surface area contributed by atoms with Gasteiger partial charge in [-0.15, -0.1) is 0 Å². The van der Waals surface area contributed by atoms with Crippen molar-refractivity contribution < 1.29 is 17.9 Å². The lowest BCUT2D eigenvalue weighted by Gasteiger charge is -2.12. The van der Waals surface area contributed by atoms with Crippen LogP contribution in [0.25, 0.3) is 0 Å². The van der Waals surface area contributed by atoms with Crippen molar-refractivity contribution in [2.45, 2.75) is 37.7 Å². The number of sulfonamides is 1. The molecule has 0 spiro atoms. The van der Waals surface area contributed by atoms with Crippen molar-refractivity contribution in [3.63, 3.8) is 0 Å². The van der Waals surface area contributed by atoms with E-state index in [1.807, 2.05) is 13.8 Å². The number of hydrogen-bond donors (Lipinski definition) is 2. The van der Waals surface area contributed by atoms with Crippen LogP contribution >= 0.6 is 0 Å². The molecule has 1 aliphatic rings. The topological polar surface area (TPSA) is 84.5 Å². The van der Waals surface area contributed by atoms with Crippen LogP contribution in [0.4, 0.5) is 5.69 Å². The average Bonchev–Trinajstić information content (AvgIpc) is 3.00. The monoisotopic (exact) mass is 326 g/mol. The molecule has 1 amide bonds. The van der Waals surface area contributed by atoms with Gasteiger partial charge >= 0.3 is 0 Å². The Balaban J connectivity index is 1.99. The van der Waals surface area contributed by atoms with E-state index in [2.05, 4.69) is 10.0 Å². The second-order valence-corrected chi connectivity index (χ2v) is 7.53. The first kappa shape index (κ1) is 16.9. The van der Waals surface area contributed by atoms with Gasteiger partial charge in [-0.25, -0.2) is 13.1 Å². The van der Waals surface area contributed by atoms with E-state index in [0.717, 1.165) is 12.8 Å². The van der Waals surface area contributed by atoms with E-state index in [-0.39, 0.29) is 16.7 Å². The smallest absolute Gasteiger partial charge is 0.253 e. The summed E-state index contributed by atoms with van der Waals surface area (Å²) in [5, 5.41) is 2.73. The van der Waals surface area contributed by atoms with Crippen molar-refractivity contribution in [3.8, 4) is 0 Å². The summed E-state index contributed by atoms with van der Waals surface area (Å²) in [6.45, 7) is 4.87. The minimum absolute atomic E-state index is 0.184. The molecule has 1 heterocycles. The second-order valence-electron chi connectivity index (χ2n) is 5.76.